The molecule has 0 fully saturated rings. The number of fused-ring (bicyclic) bond motifs is 3. The minimum Gasteiger partial charge on any atom is -1.00 e. The van der Waals surface area contributed by atoms with Crippen molar-refractivity contribution >= 4 is 18.6 Å². The van der Waals surface area contributed by atoms with Gasteiger partial charge in [0.25, 0.3) is 0 Å². The fourth-order valence-corrected chi connectivity index (χ4v) is 14.8. The third-order valence-corrected chi connectivity index (χ3v) is 16.2. The summed E-state index contributed by atoms with van der Waals surface area (Å²) in [5, 5.41) is 0.801. The number of rotatable bonds is 3. The fraction of sp³-hybridized carbons (Fsp3) is 0.439. The molecule has 0 aromatic heterocycles. The molecule has 0 amide bonds. The maximum absolute atomic E-state index is 6.35. The van der Waals surface area contributed by atoms with E-state index in [4.69, 9.17) is 11.6 Å². The smallest absolute Gasteiger partial charge is 1.00 e. The van der Waals surface area contributed by atoms with Crippen molar-refractivity contribution in [1.82, 2.24) is 0 Å². The Hall–Kier alpha value is -1.24. The molecule has 0 saturated heterocycles. The van der Waals surface area contributed by atoms with Gasteiger partial charge in [-0.25, -0.2) is 0 Å². The van der Waals surface area contributed by atoms with E-state index in [9.17, 15) is 0 Å². The van der Waals surface area contributed by atoms with E-state index in [2.05, 4.69) is 135 Å². The van der Waals surface area contributed by atoms with Crippen molar-refractivity contribution in [2.75, 3.05) is 0 Å². The first-order valence-electron chi connectivity index (χ1n) is 16.0. The predicted octanol–water partition coefficient (Wildman–Crippen LogP) is 5.05. The standard InChI is InChI=1S/C29H41.C7H5Cl.C5H5.2ClH.Zr/c1-26(2,3)22-14-18-13-19-15-23(27(4,5)6)25(29(10,11)12)17-21(19)20(18)16-24(22)28(7,8)9;1-6-2-4-7(8)5-3-6;1-2-4-5-3-1;;;/h14,16-17H,13H2,1-12H3;1-5H;1-3H,4H2;2*1H;/q;;;;;+2/p-2. The maximum atomic E-state index is 6.35. The summed E-state index contributed by atoms with van der Waals surface area (Å²) in [6.45, 7) is 28.8. The summed E-state index contributed by atoms with van der Waals surface area (Å²) in [6, 6.07) is 16.3. The molecule has 0 heterocycles. The number of benzene rings is 3. The van der Waals surface area contributed by atoms with Gasteiger partial charge in [-0.3, -0.25) is 0 Å². The monoisotopic (exact) mass is 738 g/mol. The van der Waals surface area contributed by atoms with Crippen molar-refractivity contribution in [3.63, 3.8) is 0 Å². The molecule has 0 aliphatic heterocycles. The zero-order chi connectivity index (χ0) is 31.7. The van der Waals surface area contributed by atoms with Gasteiger partial charge in [-0.05, 0) is 0 Å². The average molecular weight is 741 g/mol. The molecule has 0 radical (unpaired) electrons. The number of halogens is 3. The normalized spacial score (nSPS) is 14.5. The fourth-order valence-electron chi connectivity index (χ4n) is 6.99. The number of hydrogen-bond acceptors (Lipinski definition) is 0. The Balaban J connectivity index is 0.00000276. The Labute approximate surface area is 299 Å². The quantitative estimate of drug-likeness (QED) is 0.276. The second-order valence-corrected chi connectivity index (χ2v) is 22.9. The molecule has 0 saturated carbocycles. The van der Waals surface area contributed by atoms with Crippen molar-refractivity contribution in [1.29, 1.82) is 0 Å². The van der Waals surface area contributed by atoms with E-state index >= 15 is 0 Å². The largest absolute Gasteiger partial charge is 1.00 e. The second kappa shape index (κ2) is 13.3. The third kappa shape index (κ3) is 7.75. The molecule has 0 nitrogen and oxygen atoms in total. The molecule has 45 heavy (non-hydrogen) atoms. The van der Waals surface area contributed by atoms with E-state index in [0.717, 1.165) is 17.9 Å². The summed E-state index contributed by atoms with van der Waals surface area (Å²) in [5.41, 5.74) is 13.7. The maximum Gasteiger partial charge on any atom is -1.00 e. The van der Waals surface area contributed by atoms with Crippen LogP contribution in [0.1, 0.15) is 128 Å². The first kappa shape index (κ1) is 38.2. The molecular weight excluding hydrogens is 690 g/mol. The van der Waals surface area contributed by atoms with Crippen molar-refractivity contribution in [2.24, 2.45) is 0 Å². The Morgan fingerprint density at radius 1 is 0.667 bits per heavy atom. The SMILES string of the molecule is CC(C)(C)c1cc2c(cc1C(C)(C)C)-c1cc(C(C)(C)C)c(C(C)(C)C)[c](/[Zr+2](=[CH]\c3ccc(Cl)cc3)[C]3=CC=CC3)c1C2.[Cl-].[Cl-]. The van der Waals surface area contributed by atoms with Crippen LogP contribution in [0, 0.1) is 0 Å². The summed E-state index contributed by atoms with van der Waals surface area (Å²) in [5.74, 6) is 0. The van der Waals surface area contributed by atoms with E-state index < -0.39 is 21.3 Å². The van der Waals surface area contributed by atoms with E-state index in [1.807, 2.05) is 12.1 Å². The molecular formula is C41H51Cl3Zr. The van der Waals surface area contributed by atoms with Crippen LogP contribution in [-0.2, 0) is 49.3 Å². The molecule has 0 bridgehead atoms. The first-order chi connectivity index (χ1) is 19.8. The zero-order valence-electron chi connectivity index (χ0n) is 29.4. The van der Waals surface area contributed by atoms with Crippen molar-refractivity contribution in [3.8, 4) is 11.1 Å². The van der Waals surface area contributed by atoms with Crippen LogP contribution < -0.4 is 28.1 Å². The molecule has 4 heteroatoms. The van der Waals surface area contributed by atoms with Gasteiger partial charge in [-0.1, -0.05) is 0 Å². The minimum atomic E-state index is -2.57. The van der Waals surface area contributed by atoms with Gasteiger partial charge in [0, 0.05) is 0 Å². The van der Waals surface area contributed by atoms with Gasteiger partial charge in [0.1, 0.15) is 0 Å². The van der Waals surface area contributed by atoms with Crippen molar-refractivity contribution < 1.29 is 46.1 Å². The summed E-state index contributed by atoms with van der Waals surface area (Å²) >= 11 is 3.77. The topological polar surface area (TPSA) is 0 Å². The molecule has 0 N–H and O–H groups in total. The number of hydrogen-bond donors (Lipinski definition) is 0. The van der Waals surface area contributed by atoms with Crippen LogP contribution >= 0.6 is 11.6 Å². The third-order valence-electron chi connectivity index (χ3n) is 9.08. The van der Waals surface area contributed by atoms with Gasteiger partial charge in [0.15, 0.2) is 0 Å². The minimum absolute atomic E-state index is 0. The summed E-state index contributed by atoms with van der Waals surface area (Å²) in [4.78, 5) is 0. The zero-order valence-corrected chi connectivity index (χ0v) is 34.1. The predicted molar refractivity (Wildman–Crippen MR) is 188 cm³/mol. The summed E-state index contributed by atoms with van der Waals surface area (Å²) in [6.07, 6.45) is 9.19. The van der Waals surface area contributed by atoms with Crippen LogP contribution in [0.25, 0.3) is 11.1 Å². The molecule has 0 atom stereocenters. The first-order valence-corrected chi connectivity index (χ1v) is 20.2. The molecule has 240 valence electrons. The molecule has 2 aliphatic rings. The van der Waals surface area contributed by atoms with Gasteiger partial charge >= 0.3 is 277 Å². The molecule has 5 rings (SSSR count). The van der Waals surface area contributed by atoms with Crippen LogP contribution in [0.3, 0.4) is 0 Å². The van der Waals surface area contributed by atoms with Crippen LogP contribution in [0.15, 0.2) is 64.0 Å². The van der Waals surface area contributed by atoms with Crippen LogP contribution in [-0.4, -0.2) is 3.71 Å². The Kier molecular flexibility index (Phi) is 11.3. The van der Waals surface area contributed by atoms with Crippen molar-refractivity contribution in [3.05, 3.63) is 108 Å². The van der Waals surface area contributed by atoms with Gasteiger partial charge in [0.05, 0.1) is 0 Å². The van der Waals surface area contributed by atoms with Crippen LogP contribution in [0.4, 0.5) is 0 Å². The molecule has 0 unspecified atom stereocenters. The van der Waals surface area contributed by atoms with Crippen LogP contribution in [0.2, 0.25) is 5.02 Å². The molecule has 0 spiro atoms. The van der Waals surface area contributed by atoms with Crippen LogP contribution in [0.5, 0.6) is 0 Å². The summed E-state index contributed by atoms with van der Waals surface area (Å²) < 4.78 is 6.07. The average Bonchev–Trinajstić information content (AvgIpc) is 3.52. The van der Waals surface area contributed by atoms with E-state index in [1.54, 1.807) is 17.7 Å². The van der Waals surface area contributed by atoms with E-state index in [-0.39, 0.29) is 46.5 Å². The molecule has 2 aliphatic carbocycles. The Bertz CT molecular complexity index is 1670. The van der Waals surface area contributed by atoms with Crippen molar-refractivity contribution in [2.45, 2.75) is 118 Å². The van der Waals surface area contributed by atoms with Gasteiger partial charge < -0.3 is 24.8 Å². The second-order valence-electron chi connectivity index (χ2n) is 16.9. The molecule has 3 aromatic rings. The van der Waals surface area contributed by atoms with E-state index in [0.29, 0.717) is 0 Å². The van der Waals surface area contributed by atoms with Gasteiger partial charge in [-0.15, -0.1) is 0 Å². The Morgan fingerprint density at radius 3 is 1.69 bits per heavy atom. The van der Waals surface area contributed by atoms with Gasteiger partial charge in [0.2, 0.25) is 0 Å². The van der Waals surface area contributed by atoms with Gasteiger partial charge in [-0.2, -0.15) is 0 Å². The van der Waals surface area contributed by atoms with E-state index in [1.165, 1.54) is 38.9 Å². The molecule has 3 aromatic carbocycles. The number of allylic oxidation sites excluding steroid dienone is 4. The Morgan fingerprint density at radius 2 is 1.20 bits per heavy atom. The summed E-state index contributed by atoms with van der Waals surface area (Å²) in [7, 11) is 0.